The van der Waals surface area contributed by atoms with Crippen LogP contribution in [0.4, 0.5) is 5.82 Å². The monoisotopic (exact) mass is 274 g/mol. The fourth-order valence-electron chi connectivity index (χ4n) is 2.70. The molecule has 1 aromatic rings. The molecule has 0 saturated heterocycles. The Labute approximate surface area is 119 Å². The van der Waals surface area contributed by atoms with Crippen molar-refractivity contribution < 1.29 is 4.79 Å². The summed E-state index contributed by atoms with van der Waals surface area (Å²) in [6, 6.07) is 2.63. The van der Waals surface area contributed by atoms with Gasteiger partial charge >= 0.3 is 0 Å². The minimum atomic E-state index is -0.400. The minimum Gasteiger partial charge on any atom is -0.368 e. The maximum absolute atomic E-state index is 11.6. The Balaban J connectivity index is 1.70. The number of pyridine rings is 1. The number of primary amides is 1. The lowest BCUT2D eigenvalue weighted by Crippen LogP contribution is -2.26. The summed E-state index contributed by atoms with van der Waals surface area (Å²) in [5, 5.41) is 6.68. The number of aromatic nitrogens is 1. The van der Waals surface area contributed by atoms with Crippen molar-refractivity contribution in [2.75, 3.05) is 18.4 Å². The summed E-state index contributed by atoms with van der Waals surface area (Å²) in [6.07, 6.45) is 6.92. The molecule has 1 amide bonds. The molecule has 1 fully saturated rings. The summed E-state index contributed by atoms with van der Waals surface area (Å²) >= 11 is 0. The molecule has 0 atom stereocenters. The maximum Gasteiger partial charge on any atom is 0.252 e. The molecule has 2 aliphatic rings. The van der Waals surface area contributed by atoms with Crippen molar-refractivity contribution in [3.05, 3.63) is 22.9 Å². The van der Waals surface area contributed by atoms with E-state index in [-0.39, 0.29) is 0 Å². The largest absolute Gasteiger partial charge is 0.368 e. The number of nitrogens with one attached hydrogen (secondary N) is 2. The van der Waals surface area contributed by atoms with Gasteiger partial charge in [0.15, 0.2) is 0 Å². The molecule has 1 heterocycles. The summed E-state index contributed by atoms with van der Waals surface area (Å²) in [7, 11) is 0. The highest BCUT2D eigenvalue weighted by Gasteiger charge is 2.20. The van der Waals surface area contributed by atoms with Gasteiger partial charge in [0, 0.05) is 24.8 Å². The van der Waals surface area contributed by atoms with Crippen molar-refractivity contribution in [1.29, 1.82) is 0 Å². The molecule has 2 aliphatic carbocycles. The highest BCUT2D eigenvalue weighted by molar-refractivity contribution is 5.97. The zero-order valence-electron chi connectivity index (χ0n) is 11.7. The number of hydrogen-bond acceptors (Lipinski definition) is 4. The number of aryl methyl sites for hydroxylation is 2. The van der Waals surface area contributed by atoms with E-state index >= 15 is 0 Å². The van der Waals surface area contributed by atoms with Crippen LogP contribution in [-0.2, 0) is 12.8 Å². The standard InChI is InChI=1S/C15H22N4O/c16-14(20)12-9-10-3-1-2-4-13(10)19-15(12)18-8-7-17-11-5-6-11/h9,11,17H,1-8H2,(H2,16,20)(H,18,19). The molecule has 0 aliphatic heterocycles. The average Bonchev–Trinajstić information content (AvgIpc) is 3.26. The van der Waals surface area contributed by atoms with Crippen LogP contribution in [0.15, 0.2) is 6.07 Å². The van der Waals surface area contributed by atoms with Gasteiger partial charge in [0.1, 0.15) is 5.82 Å². The zero-order valence-corrected chi connectivity index (χ0v) is 11.7. The predicted octanol–water partition coefficient (Wildman–Crippen LogP) is 1.22. The number of nitrogens with zero attached hydrogens (tertiary/aromatic N) is 1. The van der Waals surface area contributed by atoms with Crippen LogP contribution in [0.2, 0.25) is 0 Å². The highest BCUT2D eigenvalue weighted by atomic mass is 16.1. The first-order valence-electron chi connectivity index (χ1n) is 7.54. The van der Waals surface area contributed by atoms with Crippen LogP contribution in [0.1, 0.15) is 47.3 Å². The summed E-state index contributed by atoms with van der Waals surface area (Å²) in [5.41, 5.74) is 8.31. The van der Waals surface area contributed by atoms with Gasteiger partial charge in [0.2, 0.25) is 0 Å². The number of anilines is 1. The van der Waals surface area contributed by atoms with Crippen molar-refractivity contribution in [2.24, 2.45) is 5.73 Å². The Morgan fingerprint density at radius 3 is 2.85 bits per heavy atom. The van der Waals surface area contributed by atoms with Gasteiger partial charge in [0.05, 0.1) is 5.56 Å². The molecule has 1 saturated carbocycles. The Morgan fingerprint density at radius 2 is 2.10 bits per heavy atom. The second-order valence-electron chi connectivity index (χ2n) is 5.72. The van der Waals surface area contributed by atoms with Crippen LogP contribution < -0.4 is 16.4 Å². The van der Waals surface area contributed by atoms with Gasteiger partial charge in [0.25, 0.3) is 5.91 Å². The molecule has 0 bridgehead atoms. The topological polar surface area (TPSA) is 80.0 Å². The quantitative estimate of drug-likeness (QED) is 0.681. The number of rotatable bonds is 6. The number of carbonyl (C=O) groups excluding carboxylic acids is 1. The molecule has 5 nitrogen and oxygen atoms in total. The summed E-state index contributed by atoms with van der Waals surface area (Å²) in [6.45, 7) is 1.66. The van der Waals surface area contributed by atoms with Gasteiger partial charge in [-0.2, -0.15) is 0 Å². The maximum atomic E-state index is 11.6. The molecular formula is C15H22N4O. The average molecular weight is 274 g/mol. The van der Waals surface area contributed by atoms with Gasteiger partial charge < -0.3 is 16.4 Å². The molecule has 0 unspecified atom stereocenters. The first-order valence-corrected chi connectivity index (χ1v) is 7.54. The number of amides is 1. The van der Waals surface area contributed by atoms with Crippen molar-refractivity contribution in [3.63, 3.8) is 0 Å². The number of hydrogen-bond donors (Lipinski definition) is 3. The minimum absolute atomic E-state index is 0.400. The third-order valence-electron chi connectivity index (χ3n) is 3.99. The predicted molar refractivity (Wildman–Crippen MR) is 78.9 cm³/mol. The van der Waals surface area contributed by atoms with E-state index in [1.54, 1.807) is 0 Å². The van der Waals surface area contributed by atoms with E-state index in [1.165, 1.54) is 31.2 Å². The second-order valence-corrected chi connectivity index (χ2v) is 5.72. The fraction of sp³-hybridized carbons (Fsp3) is 0.600. The molecule has 108 valence electrons. The van der Waals surface area contributed by atoms with E-state index in [2.05, 4.69) is 15.6 Å². The lowest BCUT2D eigenvalue weighted by atomic mass is 9.94. The van der Waals surface area contributed by atoms with Gasteiger partial charge in [-0.1, -0.05) is 0 Å². The van der Waals surface area contributed by atoms with E-state index in [1.807, 2.05) is 6.07 Å². The lowest BCUT2D eigenvalue weighted by Gasteiger charge is -2.18. The smallest absolute Gasteiger partial charge is 0.252 e. The molecule has 1 aromatic heterocycles. The molecule has 20 heavy (non-hydrogen) atoms. The second kappa shape index (κ2) is 5.79. The van der Waals surface area contributed by atoms with Gasteiger partial charge in [-0.05, 0) is 50.2 Å². The van der Waals surface area contributed by atoms with Gasteiger partial charge in [-0.15, -0.1) is 0 Å². The lowest BCUT2D eigenvalue weighted by molar-refractivity contribution is 0.100. The highest BCUT2D eigenvalue weighted by Crippen LogP contribution is 2.24. The Morgan fingerprint density at radius 1 is 1.30 bits per heavy atom. The van der Waals surface area contributed by atoms with E-state index < -0.39 is 5.91 Å². The Bertz CT molecular complexity index is 511. The first kappa shape index (κ1) is 13.4. The van der Waals surface area contributed by atoms with Crippen LogP contribution in [0.3, 0.4) is 0 Å². The summed E-state index contributed by atoms with van der Waals surface area (Å²) in [4.78, 5) is 16.2. The molecular weight excluding hydrogens is 252 g/mol. The molecule has 0 aromatic carbocycles. The third kappa shape index (κ3) is 3.10. The number of nitrogens with two attached hydrogens (primary N) is 1. The van der Waals surface area contributed by atoms with Gasteiger partial charge in [-0.3, -0.25) is 4.79 Å². The van der Waals surface area contributed by atoms with Crippen LogP contribution in [0.5, 0.6) is 0 Å². The van der Waals surface area contributed by atoms with Crippen molar-refractivity contribution in [2.45, 2.75) is 44.6 Å². The normalized spacial score (nSPS) is 17.6. The first-order chi connectivity index (χ1) is 9.74. The molecule has 4 N–H and O–H groups in total. The van der Waals surface area contributed by atoms with E-state index in [0.29, 0.717) is 17.4 Å². The van der Waals surface area contributed by atoms with Crippen LogP contribution in [0.25, 0.3) is 0 Å². The van der Waals surface area contributed by atoms with Crippen molar-refractivity contribution >= 4 is 11.7 Å². The summed E-state index contributed by atoms with van der Waals surface area (Å²) < 4.78 is 0. The van der Waals surface area contributed by atoms with E-state index in [4.69, 9.17) is 5.73 Å². The molecule has 5 heteroatoms. The fourth-order valence-corrected chi connectivity index (χ4v) is 2.70. The van der Waals surface area contributed by atoms with Crippen LogP contribution >= 0.6 is 0 Å². The van der Waals surface area contributed by atoms with Crippen molar-refractivity contribution in [1.82, 2.24) is 10.3 Å². The SMILES string of the molecule is NC(=O)c1cc2c(nc1NCCNC1CC1)CCCC2. The van der Waals surface area contributed by atoms with Crippen molar-refractivity contribution in [3.8, 4) is 0 Å². The van der Waals surface area contributed by atoms with E-state index in [0.717, 1.165) is 31.6 Å². The van der Waals surface area contributed by atoms with Gasteiger partial charge in [-0.25, -0.2) is 4.98 Å². The summed E-state index contributed by atoms with van der Waals surface area (Å²) in [5.74, 6) is 0.249. The third-order valence-corrected chi connectivity index (χ3v) is 3.99. The number of fused-ring (bicyclic) bond motifs is 1. The zero-order chi connectivity index (χ0) is 13.9. The van der Waals surface area contributed by atoms with E-state index in [9.17, 15) is 4.79 Å². The Hall–Kier alpha value is -1.62. The number of carbonyl (C=O) groups is 1. The molecule has 0 radical (unpaired) electrons. The van der Waals surface area contributed by atoms with Crippen LogP contribution in [0, 0.1) is 0 Å². The molecule has 3 rings (SSSR count). The molecule has 0 spiro atoms. The Kier molecular flexibility index (Phi) is 3.87. The van der Waals surface area contributed by atoms with Crippen LogP contribution in [-0.4, -0.2) is 30.0 Å².